The van der Waals surface area contributed by atoms with Gasteiger partial charge in [-0.2, -0.15) is 0 Å². The predicted molar refractivity (Wildman–Crippen MR) is 133 cm³/mol. The number of allylic oxidation sites excluding steroid dienone is 1. The van der Waals surface area contributed by atoms with Gasteiger partial charge in [0.1, 0.15) is 17.3 Å². The molecule has 0 spiro atoms. The number of carbonyl (C=O) groups excluding carboxylic acids is 1. The first-order chi connectivity index (χ1) is 17.0. The number of halogens is 1. The third kappa shape index (κ3) is 4.38. The summed E-state index contributed by atoms with van der Waals surface area (Å²) in [5.41, 5.74) is 3.73. The highest BCUT2D eigenvalue weighted by Gasteiger charge is 2.29. The fourth-order valence-electron chi connectivity index (χ4n) is 5.21. The minimum atomic E-state index is -0.298. The van der Waals surface area contributed by atoms with Crippen molar-refractivity contribution in [2.45, 2.75) is 45.1 Å². The number of hydrogen-bond donors (Lipinski definition) is 1. The molecule has 2 aromatic heterocycles. The SMILES string of the molecule is C=CCCc1c(C)[nH]c(=O)n1C1CCN(c2cncc(C(=O)N3CCc4cc(F)ccc43)n2)CC1. The van der Waals surface area contributed by atoms with E-state index in [0.29, 0.717) is 31.9 Å². The van der Waals surface area contributed by atoms with Crippen molar-refractivity contribution in [2.75, 3.05) is 29.4 Å². The molecule has 1 fully saturated rings. The Morgan fingerprint density at radius 1 is 1.26 bits per heavy atom. The van der Waals surface area contributed by atoms with Crippen LogP contribution in [0.1, 0.15) is 52.7 Å². The molecule has 0 aliphatic carbocycles. The summed E-state index contributed by atoms with van der Waals surface area (Å²) in [7, 11) is 0. The summed E-state index contributed by atoms with van der Waals surface area (Å²) in [5, 5.41) is 0. The van der Waals surface area contributed by atoms with Gasteiger partial charge >= 0.3 is 5.69 Å². The smallest absolute Gasteiger partial charge is 0.326 e. The molecule has 0 radical (unpaired) electrons. The Hall–Kier alpha value is -3.75. The van der Waals surface area contributed by atoms with E-state index in [0.717, 1.165) is 48.3 Å². The maximum absolute atomic E-state index is 13.6. The summed E-state index contributed by atoms with van der Waals surface area (Å²) in [6.45, 7) is 7.65. The lowest BCUT2D eigenvalue weighted by Crippen LogP contribution is -2.38. The highest BCUT2D eigenvalue weighted by Crippen LogP contribution is 2.30. The fourth-order valence-corrected chi connectivity index (χ4v) is 5.21. The monoisotopic (exact) mass is 476 g/mol. The van der Waals surface area contributed by atoms with Gasteiger partial charge in [-0.1, -0.05) is 6.08 Å². The number of anilines is 2. The van der Waals surface area contributed by atoms with Crippen LogP contribution in [0.2, 0.25) is 0 Å². The predicted octanol–water partition coefficient (Wildman–Crippen LogP) is 3.58. The number of piperidine rings is 1. The third-order valence-electron chi connectivity index (χ3n) is 7.00. The lowest BCUT2D eigenvalue weighted by atomic mass is 10.0. The van der Waals surface area contributed by atoms with Gasteiger partial charge < -0.3 is 14.8 Å². The van der Waals surface area contributed by atoms with E-state index in [2.05, 4.69) is 26.4 Å². The van der Waals surface area contributed by atoms with Gasteiger partial charge in [-0.25, -0.2) is 14.2 Å². The van der Waals surface area contributed by atoms with E-state index >= 15 is 0 Å². The van der Waals surface area contributed by atoms with Gasteiger partial charge in [-0.05, 0) is 62.8 Å². The zero-order valence-corrected chi connectivity index (χ0v) is 19.8. The Bertz CT molecular complexity index is 1320. The Kier molecular flexibility index (Phi) is 6.23. The molecular formula is C26H29FN6O2. The molecule has 9 heteroatoms. The van der Waals surface area contributed by atoms with Crippen LogP contribution in [-0.2, 0) is 12.8 Å². The van der Waals surface area contributed by atoms with Crippen LogP contribution in [0.4, 0.5) is 15.9 Å². The van der Waals surface area contributed by atoms with Crippen LogP contribution in [0.25, 0.3) is 0 Å². The van der Waals surface area contributed by atoms with Crippen LogP contribution >= 0.6 is 0 Å². The van der Waals surface area contributed by atoms with Crippen molar-refractivity contribution in [3.8, 4) is 0 Å². The van der Waals surface area contributed by atoms with E-state index in [-0.39, 0.29) is 29.1 Å². The van der Waals surface area contributed by atoms with Gasteiger partial charge in [0, 0.05) is 42.8 Å². The number of aromatic amines is 1. The summed E-state index contributed by atoms with van der Waals surface area (Å²) in [4.78, 5) is 41.4. The Balaban J connectivity index is 1.30. The standard InChI is InChI=1S/C26H29FN6O2/c1-3-4-5-22-17(2)29-26(35)33(22)20-9-11-31(12-10-20)24-16-28-15-21(30-24)25(34)32-13-8-18-14-19(27)6-7-23(18)32/h3,6-7,14-16,20H,1,4-5,8-13H2,2H3,(H,29,35). The van der Waals surface area contributed by atoms with Crippen LogP contribution in [0.3, 0.4) is 0 Å². The van der Waals surface area contributed by atoms with Crippen LogP contribution in [0, 0.1) is 12.7 Å². The van der Waals surface area contributed by atoms with Crippen LogP contribution in [0.15, 0.2) is 48.0 Å². The zero-order chi connectivity index (χ0) is 24.5. The largest absolute Gasteiger partial charge is 0.355 e. The molecule has 182 valence electrons. The number of rotatable bonds is 6. The van der Waals surface area contributed by atoms with Crippen molar-refractivity contribution in [3.63, 3.8) is 0 Å². The van der Waals surface area contributed by atoms with Crippen LogP contribution in [-0.4, -0.2) is 45.1 Å². The van der Waals surface area contributed by atoms with Gasteiger partial charge in [0.2, 0.25) is 0 Å². The minimum absolute atomic E-state index is 0.0572. The van der Waals surface area contributed by atoms with Crippen LogP contribution < -0.4 is 15.5 Å². The molecule has 35 heavy (non-hydrogen) atoms. The Labute approximate surface area is 203 Å². The molecule has 0 unspecified atom stereocenters. The molecule has 0 saturated carbocycles. The van der Waals surface area contributed by atoms with Crippen molar-refractivity contribution >= 4 is 17.4 Å². The maximum Gasteiger partial charge on any atom is 0.326 e. The number of H-pyrrole nitrogens is 1. The highest BCUT2D eigenvalue weighted by atomic mass is 19.1. The number of benzene rings is 1. The van der Waals surface area contributed by atoms with Gasteiger partial charge in [-0.15, -0.1) is 6.58 Å². The topological polar surface area (TPSA) is 87.1 Å². The van der Waals surface area contributed by atoms with Gasteiger partial charge in [0.25, 0.3) is 5.91 Å². The molecule has 0 atom stereocenters. The zero-order valence-electron chi connectivity index (χ0n) is 19.8. The second-order valence-electron chi connectivity index (χ2n) is 9.16. The molecule has 1 aromatic carbocycles. The van der Waals surface area contributed by atoms with Crippen molar-refractivity contribution in [1.82, 2.24) is 19.5 Å². The quantitative estimate of drug-likeness (QED) is 0.550. The van der Waals surface area contributed by atoms with E-state index in [9.17, 15) is 14.0 Å². The number of nitrogens with one attached hydrogen (secondary N) is 1. The minimum Gasteiger partial charge on any atom is -0.355 e. The van der Waals surface area contributed by atoms with Gasteiger partial charge in [0.15, 0.2) is 0 Å². The molecule has 2 aliphatic heterocycles. The molecular weight excluding hydrogens is 447 g/mol. The number of hydrogen-bond acceptors (Lipinski definition) is 5. The molecule has 1 saturated heterocycles. The van der Waals surface area contributed by atoms with Crippen molar-refractivity contribution < 1.29 is 9.18 Å². The Morgan fingerprint density at radius 3 is 2.83 bits per heavy atom. The number of aryl methyl sites for hydroxylation is 1. The lowest BCUT2D eigenvalue weighted by Gasteiger charge is -2.33. The first-order valence-electron chi connectivity index (χ1n) is 12.0. The number of fused-ring (bicyclic) bond motifs is 1. The normalized spacial score (nSPS) is 15.9. The second-order valence-corrected chi connectivity index (χ2v) is 9.16. The molecule has 1 amide bonds. The molecule has 1 N–H and O–H groups in total. The van der Waals surface area contributed by atoms with E-state index in [1.807, 2.05) is 17.6 Å². The maximum atomic E-state index is 13.6. The van der Waals surface area contributed by atoms with Crippen LogP contribution in [0.5, 0.6) is 0 Å². The number of amides is 1. The number of carbonyl (C=O) groups is 1. The van der Waals surface area contributed by atoms with E-state index in [4.69, 9.17) is 0 Å². The van der Waals surface area contributed by atoms with E-state index in [1.54, 1.807) is 17.2 Å². The first kappa shape index (κ1) is 23.0. The summed E-state index contributed by atoms with van der Waals surface area (Å²) in [6.07, 6.45) is 8.84. The highest BCUT2D eigenvalue weighted by molar-refractivity contribution is 6.06. The molecule has 8 nitrogen and oxygen atoms in total. The number of aromatic nitrogens is 4. The molecule has 3 aromatic rings. The lowest BCUT2D eigenvalue weighted by molar-refractivity contribution is 0.0984. The number of imidazole rings is 1. The molecule has 0 bridgehead atoms. The number of nitrogens with zero attached hydrogens (tertiary/aromatic N) is 5. The third-order valence-corrected chi connectivity index (χ3v) is 7.00. The summed E-state index contributed by atoms with van der Waals surface area (Å²) >= 11 is 0. The van der Waals surface area contributed by atoms with Crippen molar-refractivity contribution in [3.05, 3.63) is 82.2 Å². The molecule has 5 rings (SSSR count). The van der Waals surface area contributed by atoms with E-state index in [1.165, 1.54) is 18.3 Å². The fraction of sp³-hybridized carbons (Fsp3) is 0.385. The van der Waals surface area contributed by atoms with Gasteiger partial charge in [-0.3, -0.25) is 14.3 Å². The average molecular weight is 477 g/mol. The average Bonchev–Trinajstić information content (AvgIpc) is 3.41. The summed E-state index contributed by atoms with van der Waals surface area (Å²) in [6, 6.07) is 4.61. The molecule has 4 heterocycles. The van der Waals surface area contributed by atoms with Crippen molar-refractivity contribution in [1.29, 1.82) is 0 Å². The summed E-state index contributed by atoms with van der Waals surface area (Å²) < 4.78 is 15.5. The van der Waals surface area contributed by atoms with Crippen molar-refractivity contribution in [2.24, 2.45) is 0 Å². The Morgan fingerprint density at radius 2 is 2.06 bits per heavy atom. The second kappa shape index (κ2) is 9.48. The first-order valence-corrected chi connectivity index (χ1v) is 12.0. The molecule has 2 aliphatic rings. The van der Waals surface area contributed by atoms with Gasteiger partial charge in [0.05, 0.1) is 12.4 Å². The van der Waals surface area contributed by atoms with E-state index < -0.39 is 0 Å². The summed E-state index contributed by atoms with van der Waals surface area (Å²) in [5.74, 6) is 0.117.